The first-order valence-corrected chi connectivity index (χ1v) is 11.6. The van der Waals surface area contributed by atoms with E-state index in [9.17, 15) is 21.6 Å². The van der Waals surface area contributed by atoms with Gasteiger partial charge >= 0.3 is 0 Å². The number of nitrogens with one attached hydrogen (secondary N) is 2. The molecule has 0 bridgehead atoms. The number of hydrogen-bond donors (Lipinski definition) is 2. The van der Waals surface area contributed by atoms with E-state index in [4.69, 9.17) is 5.26 Å². The highest BCUT2D eigenvalue weighted by Gasteiger charge is 2.31. The first-order chi connectivity index (χ1) is 13.2. The number of nitriles is 1. The Morgan fingerprint density at radius 1 is 1.14 bits per heavy atom. The Morgan fingerprint density at radius 2 is 1.86 bits per heavy atom. The van der Waals surface area contributed by atoms with Crippen LogP contribution in [0.15, 0.2) is 53.4 Å². The molecule has 146 valence electrons. The van der Waals surface area contributed by atoms with Crippen molar-refractivity contribution in [3.05, 3.63) is 59.7 Å². The van der Waals surface area contributed by atoms with Crippen LogP contribution in [0.2, 0.25) is 0 Å². The van der Waals surface area contributed by atoms with Crippen molar-refractivity contribution in [3.63, 3.8) is 0 Å². The summed E-state index contributed by atoms with van der Waals surface area (Å²) in [6, 6.07) is 13.0. The molecule has 1 heterocycles. The number of amides is 1. The Kier molecular flexibility index (Phi) is 5.51. The summed E-state index contributed by atoms with van der Waals surface area (Å²) in [4.78, 5) is 12.2. The van der Waals surface area contributed by atoms with Gasteiger partial charge in [-0.25, -0.2) is 21.6 Å². The monoisotopic (exact) mass is 419 g/mol. The molecule has 1 unspecified atom stereocenters. The van der Waals surface area contributed by atoms with Crippen molar-refractivity contribution < 1.29 is 21.6 Å². The predicted octanol–water partition coefficient (Wildman–Crippen LogP) is 1.28. The second kappa shape index (κ2) is 7.71. The molecule has 0 aromatic heterocycles. The third-order valence-electron chi connectivity index (χ3n) is 4.23. The van der Waals surface area contributed by atoms with Crippen LogP contribution in [0, 0.1) is 11.3 Å². The molecule has 1 saturated heterocycles. The van der Waals surface area contributed by atoms with Crippen molar-refractivity contribution in [1.29, 1.82) is 5.26 Å². The summed E-state index contributed by atoms with van der Waals surface area (Å²) in [5.41, 5.74) is 1.09. The van der Waals surface area contributed by atoms with Crippen molar-refractivity contribution in [3.8, 4) is 6.07 Å². The minimum absolute atomic E-state index is 0.0354. The van der Waals surface area contributed by atoms with E-state index in [1.807, 2.05) is 6.07 Å². The van der Waals surface area contributed by atoms with Gasteiger partial charge in [0.15, 0.2) is 9.84 Å². The van der Waals surface area contributed by atoms with Crippen molar-refractivity contribution >= 4 is 31.5 Å². The lowest BCUT2D eigenvalue weighted by Crippen LogP contribution is -2.35. The van der Waals surface area contributed by atoms with E-state index in [1.165, 1.54) is 30.3 Å². The number of rotatable bonds is 5. The summed E-state index contributed by atoms with van der Waals surface area (Å²) in [5, 5.41) is 11.5. The summed E-state index contributed by atoms with van der Waals surface area (Å²) in [5.74, 6) is -0.699. The summed E-state index contributed by atoms with van der Waals surface area (Å²) in [7, 11) is -7.09. The zero-order valence-electron chi connectivity index (χ0n) is 14.6. The van der Waals surface area contributed by atoms with Crippen LogP contribution in [0.5, 0.6) is 0 Å². The topological polar surface area (TPSA) is 133 Å². The van der Waals surface area contributed by atoms with E-state index in [1.54, 1.807) is 18.2 Å². The lowest BCUT2D eigenvalue weighted by atomic mass is 10.2. The van der Waals surface area contributed by atoms with Gasteiger partial charge in [-0.2, -0.15) is 5.26 Å². The van der Waals surface area contributed by atoms with Crippen LogP contribution in [-0.4, -0.2) is 40.3 Å². The average molecular weight is 419 g/mol. The van der Waals surface area contributed by atoms with Crippen molar-refractivity contribution in [2.75, 3.05) is 16.8 Å². The first-order valence-electron chi connectivity index (χ1n) is 8.33. The maximum absolute atomic E-state index is 12.4. The van der Waals surface area contributed by atoms with E-state index in [0.29, 0.717) is 11.3 Å². The molecular weight excluding hydrogens is 402 g/mol. The van der Waals surface area contributed by atoms with Gasteiger partial charge in [-0.15, -0.1) is 0 Å². The van der Waals surface area contributed by atoms with E-state index in [-0.39, 0.29) is 28.4 Å². The molecule has 10 heteroatoms. The number of sulfone groups is 1. The molecule has 3 rings (SSSR count). The molecule has 2 aromatic rings. The van der Waals surface area contributed by atoms with Crippen LogP contribution in [0.3, 0.4) is 0 Å². The number of carbonyl (C=O) groups excluding carboxylic acids is 1. The Labute approximate surface area is 163 Å². The Balaban J connectivity index is 1.70. The lowest BCUT2D eigenvalue weighted by molar-refractivity contribution is 0.102. The molecule has 1 fully saturated rings. The summed E-state index contributed by atoms with van der Waals surface area (Å²) in [6.07, 6.45) is 0.240. The molecule has 0 spiro atoms. The number of sulfonamides is 1. The maximum atomic E-state index is 12.4. The molecule has 28 heavy (non-hydrogen) atoms. The quantitative estimate of drug-likeness (QED) is 0.750. The molecule has 1 aliphatic rings. The number of hydrogen-bond acceptors (Lipinski definition) is 6. The predicted molar refractivity (Wildman–Crippen MR) is 103 cm³/mol. The minimum atomic E-state index is -3.89. The third kappa shape index (κ3) is 4.75. The molecule has 0 aliphatic carbocycles. The van der Waals surface area contributed by atoms with Crippen molar-refractivity contribution in [2.45, 2.75) is 17.4 Å². The SMILES string of the molecule is N#Cc1cccc(NC(=O)c2ccc(S(=O)(=O)NC3CCS(=O)(=O)C3)cc2)c1. The number of nitrogens with zero attached hydrogens (tertiary/aromatic N) is 1. The molecule has 1 atom stereocenters. The van der Waals surface area contributed by atoms with Gasteiger partial charge in [-0.3, -0.25) is 4.79 Å². The summed E-state index contributed by atoms with van der Waals surface area (Å²) in [6.45, 7) is 0. The highest BCUT2D eigenvalue weighted by atomic mass is 32.2. The van der Waals surface area contributed by atoms with Crippen LogP contribution < -0.4 is 10.0 Å². The fourth-order valence-electron chi connectivity index (χ4n) is 2.83. The normalized spacial score (nSPS) is 18.3. The van der Waals surface area contributed by atoms with Crippen LogP contribution in [0.25, 0.3) is 0 Å². The fourth-order valence-corrected chi connectivity index (χ4v) is 5.88. The van der Waals surface area contributed by atoms with Gasteiger partial charge in [0.1, 0.15) is 0 Å². The molecule has 2 N–H and O–H groups in total. The number of carbonyl (C=O) groups is 1. The maximum Gasteiger partial charge on any atom is 0.255 e. The van der Waals surface area contributed by atoms with Gasteiger partial charge in [0.25, 0.3) is 5.91 Å². The standard InChI is InChI=1S/C18H17N3O5S2/c19-11-13-2-1-3-15(10-13)20-18(22)14-4-6-17(7-5-14)28(25,26)21-16-8-9-27(23,24)12-16/h1-7,10,16,21H,8-9,12H2,(H,20,22). The average Bonchev–Trinajstić information content (AvgIpc) is 2.99. The molecule has 0 saturated carbocycles. The van der Waals surface area contributed by atoms with E-state index in [0.717, 1.165) is 0 Å². The lowest BCUT2D eigenvalue weighted by Gasteiger charge is -2.12. The van der Waals surface area contributed by atoms with Gasteiger partial charge < -0.3 is 5.32 Å². The minimum Gasteiger partial charge on any atom is -0.322 e. The van der Waals surface area contributed by atoms with Crippen LogP contribution in [-0.2, 0) is 19.9 Å². The van der Waals surface area contributed by atoms with Crippen LogP contribution in [0.1, 0.15) is 22.3 Å². The van der Waals surface area contributed by atoms with Crippen molar-refractivity contribution in [2.24, 2.45) is 0 Å². The van der Waals surface area contributed by atoms with Gasteiger partial charge in [0.2, 0.25) is 10.0 Å². The molecule has 0 radical (unpaired) electrons. The zero-order valence-corrected chi connectivity index (χ0v) is 16.3. The van der Waals surface area contributed by atoms with E-state index >= 15 is 0 Å². The highest BCUT2D eigenvalue weighted by molar-refractivity contribution is 7.92. The van der Waals surface area contributed by atoms with E-state index in [2.05, 4.69) is 10.0 Å². The van der Waals surface area contributed by atoms with Gasteiger partial charge in [-0.1, -0.05) is 6.07 Å². The molecule has 1 amide bonds. The molecule has 1 aliphatic heterocycles. The zero-order chi connectivity index (χ0) is 20.4. The summed E-state index contributed by atoms with van der Waals surface area (Å²) < 4.78 is 50.2. The van der Waals surface area contributed by atoms with Gasteiger partial charge in [-0.05, 0) is 48.9 Å². The smallest absolute Gasteiger partial charge is 0.255 e. The third-order valence-corrected chi connectivity index (χ3v) is 7.53. The second-order valence-electron chi connectivity index (χ2n) is 6.39. The second-order valence-corrected chi connectivity index (χ2v) is 10.3. The molecule has 2 aromatic carbocycles. The first kappa shape index (κ1) is 20.0. The molecule has 8 nitrogen and oxygen atoms in total. The summed E-state index contributed by atoms with van der Waals surface area (Å²) >= 11 is 0. The number of anilines is 1. The Morgan fingerprint density at radius 3 is 2.46 bits per heavy atom. The fraction of sp³-hybridized carbons (Fsp3) is 0.222. The van der Waals surface area contributed by atoms with Gasteiger partial charge in [0, 0.05) is 17.3 Å². The number of benzene rings is 2. The van der Waals surface area contributed by atoms with Crippen LogP contribution >= 0.6 is 0 Å². The van der Waals surface area contributed by atoms with Crippen molar-refractivity contribution in [1.82, 2.24) is 4.72 Å². The van der Waals surface area contributed by atoms with Gasteiger partial charge in [0.05, 0.1) is 28.0 Å². The Hall–Kier alpha value is -2.74. The van der Waals surface area contributed by atoms with Crippen LogP contribution in [0.4, 0.5) is 5.69 Å². The largest absolute Gasteiger partial charge is 0.322 e. The van der Waals surface area contributed by atoms with E-state index < -0.39 is 31.8 Å². The molecular formula is C18H17N3O5S2. The Bertz CT molecular complexity index is 1150. The highest BCUT2D eigenvalue weighted by Crippen LogP contribution is 2.17.